The van der Waals surface area contributed by atoms with Crippen LogP contribution in [0.15, 0.2) is 18.3 Å². The summed E-state index contributed by atoms with van der Waals surface area (Å²) in [6.07, 6.45) is 4.73. The van der Waals surface area contributed by atoms with Crippen molar-refractivity contribution in [1.29, 1.82) is 0 Å². The van der Waals surface area contributed by atoms with Gasteiger partial charge in [-0.25, -0.2) is 0 Å². The van der Waals surface area contributed by atoms with E-state index in [-0.39, 0.29) is 0 Å². The summed E-state index contributed by atoms with van der Waals surface area (Å²) in [7, 11) is 0. The zero-order valence-corrected chi connectivity index (χ0v) is 9.74. The highest BCUT2D eigenvalue weighted by atomic mass is 15.1. The zero-order chi connectivity index (χ0) is 10.7. The third-order valence-electron chi connectivity index (χ3n) is 3.10. The van der Waals surface area contributed by atoms with Gasteiger partial charge in [-0.3, -0.25) is 9.88 Å². The van der Waals surface area contributed by atoms with E-state index in [1.807, 2.05) is 6.20 Å². The van der Waals surface area contributed by atoms with Crippen LogP contribution in [-0.2, 0) is 6.54 Å². The van der Waals surface area contributed by atoms with E-state index in [0.717, 1.165) is 6.54 Å². The average Bonchev–Trinajstić information content (AvgIpc) is 2.71. The van der Waals surface area contributed by atoms with Gasteiger partial charge in [0.15, 0.2) is 0 Å². The summed E-state index contributed by atoms with van der Waals surface area (Å²) in [6.45, 7) is 7.92. The fourth-order valence-corrected chi connectivity index (χ4v) is 2.04. The summed E-state index contributed by atoms with van der Waals surface area (Å²) in [5, 5.41) is 0. The molecule has 0 saturated carbocycles. The predicted molar refractivity (Wildman–Crippen MR) is 62.8 cm³/mol. The Balaban J connectivity index is 1.97. The third-order valence-corrected chi connectivity index (χ3v) is 3.10. The fourth-order valence-electron chi connectivity index (χ4n) is 2.04. The molecular formula is C13H20N2. The van der Waals surface area contributed by atoms with Crippen LogP contribution in [-0.4, -0.2) is 23.0 Å². The first-order valence-corrected chi connectivity index (χ1v) is 5.93. The Labute approximate surface area is 92.3 Å². The van der Waals surface area contributed by atoms with Crippen LogP contribution in [0.1, 0.15) is 43.9 Å². The number of nitrogens with zero attached hydrogens (tertiary/aromatic N) is 2. The van der Waals surface area contributed by atoms with Crippen LogP contribution in [0, 0.1) is 0 Å². The summed E-state index contributed by atoms with van der Waals surface area (Å²) in [4.78, 5) is 7.01. The first-order chi connectivity index (χ1) is 7.25. The van der Waals surface area contributed by atoms with Crippen molar-refractivity contribution in [2.24, 2.45) is 0 Å². The van der Waals surface area contributed by atoms with Crippen molar-refractivity contribution in [3.05, 3.63) is 29.6 Å². The van der Waals surface area contributed by atoms with Crippen molar-refractivity contribution in [2.75, 3.05) is 13.1 Å². The largest absolute Gasteiger partial charge is 0.298 e. The van der Waals surface area contributed by atoms with Crippen LogP contribution in [0.4, 0.5) is 0 Å². The highest BCUT2D eigenvalue weighted by molar-refractivity contribution is 5.17. The molecule has 0 N–H and O–H groups in total. The van der Waals surface area contributed by atoms with E-state index >= 15 is 0 Å². The van der Waals surface area contributed by atoms with Crippen molar-refractivity contribution in [2.45, 2.75) is 39.2 Å². The normalized spacial score (nSPS) is 17.5. The van der Waals surface area contributed by atoms with Crippen LogP contribution in [0.2, 0.25) is 0 Å². The van der Waals surface area contributed by atoms with E-state index in [0.29, 0.717) is 5.92 Å². The van der Waals surface area contributed by atoms with Gasteiger partial charge in [0.2, 0.25) is 0 Å². The van der Waals surface area contributed by atoms with Crippen LogP contribution in [0.3, 0.4) is 0 Å². The van der Waals surface area contributed by atoms with Gasteiger partial charge in [-0.05, 0) is 43.5 Å². The summed E-state index contributed by atoms with van der Waals surface area (Å²) in [5.41, 5.74) is 2.54. The minimum absolute atomic E-state index is 0.582. The van der Waals surface area contributed by atoms with Gasteiger partial charge in [0, 0.05) is 12.7 Å². The molecule has 0 bridgehead atoms. The van der Waals surface area contributed by atoms with E-state index in [1.165, 1.54) is 37.2 Å². The maximum atomic E-state index is 4.52. The summed E-state index contributed by atoms with van der Waals surface area (Å²) >= 11 is 0. The molecule has 1 aliphatic heterocycles. The van der Waals surface area contributed by atoms with Crippen molar-refractivity contribution < 1.29 is 0 Å². The molecule has 0 aromatic carbocycles. The molecule has 1 aromatic heterocycles. The van der Waals surface area contributed by atoms with Gasteiger partial charge in [0.1, 0.15) is 0 Å². The average molecular weight is 204 g/mol. The van der Waals surface area contributed by atoms with Gasteiger partial charge in [-0.2, -0.15) is 0 Å². The molecule has 0 spiro atoms. The second kappa shape index (κ2) is 4.75. The Hall–Kier alpha value is -0.890. The maximum Gasteiger partial charge on any atom is 0.0544 e. The lowest BCUT2D eigenvalue weighted by Gasteiger charge is -2.14. The Morgan fingerprint density at radius 3 is 2.53 bits per heavy atom. The Bertz CT molecular complexity index is 297. The molecule has 1 saturated heterocycles. The molecule has 15 heavy (non-hydrogen) atoms. The van der Waals surface area contributed by atoms with Gasteiger partial charge in [0.05, 0.1) is 5.69 Å². The molecule has 0 unspecified atom stereocenters. The lowest BCUT2D eigenvalue weighted by molar-refractivity contribution is 0.327. The van der Waals surface area contributed by atoms with Gasteiger partial charge >= 0.3 is 0 Å². The summed E-state index contributed by atoms with van der Waals surface area (Å²) < 4.78 is 0. The second-order valence-corrected chi connectivity index (χ2v) is 4.72. The van der Waals surface area contributed by atoms with Crippen LogP contribution >= 0.6 is 0 Å². The molecule has 1 aliphatic rings. The smallest absolute Gasteiger partial charge is 0.0544 e. The molecular weight excluding hydrogens is 184 g/mol. The molecule has 0 amide bonds. The third kappa shape index (κ3) is 2.78. The van der Waals surface area contributed by atoms with Crippen LogP contribution in [0.25, 0.3) is 0 Å². The first-order valence-electron chi connectivity index (χ1n) is 5.93. The molecule has 82 valence electrons. The summed E-state index contributed by atoms with van der Waals surface area (Å²) in [6, 6.07) is 4.39. The van der Waals surface area contributed by atoms with Crippen molar-refractivity contribution in [3.63, 3.8) is 0 Å². The molecule has 2 heteroatoms. The van der Waals surface area contributed by atoms with E-state index in [9.17, 15) is 0 Å². The number of likely N-dealkylation sites (tertiary alicyclic amines) is 1. The van der Waals surface area contributed by atoms with Crippen LogP contribution in [0.5, 0.6) is 0 Å². The van der Waals surface area contributed by atoms with Crippen molar-refractivity contribution in [1.82, 2.24) is 9.88 Å². The van der Waals surface area contributed by atoms with E-state index in [1.54, 1.807) is 0 Å². The van der Waals surface area contributed by atoms with E-state index in [2.05, 4.69) is 35.9 Å². The van der Waals surface area contributed by atoms with Gasteiger partial charge in [-0.15, -0.1) is 0 Å². The topological polar surface area (TPSA) is 16.1 Å². The van der Waals surface area contributed by atoms with E-state index in [4.69, 9.17) is 0 Å². The van der Waals surface area contributed by atoms with E-state index < -0.39 is 0 Å². The highest BCUT2D eigenvalue weighted by Gasteiger charge is 2.12. The molecule has 0 aliphatic carbocycles. The highest BCUT2D eigenvalue weighted by Crippen LogP contribution is 2.15. The lowest BCUT2D eigenvalue weighted by atomic mass is 10.1. The molecule has 1 aromatic rings. The van der Waals surface area contributed by atoms with Gasteiger partial charge in [0.25, 0.3) is 0 Å². The quantitative estimate of drug-likeness (QED) is 0.752. The zero-order valence-electron chi connectivity index (χ0n) is 9.74. The predicted octanol–water partition coefficient (Wildman–Crippen LogP) is 2.80. The molecule has 2 heterocycles. The number of aromatic nitrogens is 1. The fraction of sp³-hybridized carbons (Fsp3) is 0.615. The monoisotopic (exact) mass is 204 g/mol. The Morgan fingerprint density at radius 1 is 1.27 bits per heavy atom. The SMILES string of the molecule is CC(C)c1ccc(CN2CCCC2)nc1. The van der Waals surface area contributed by atoms with Crippen molar-refractivity contribution in [3.8, 4) is 0 Å². The number of rotatable bonds is 3. The number of hydrogen-bond acceptors (Lipinski definition) is 2. The molecule has 2 nitrogen and oxygen atoms in total. The lowest BCUT2D eigenvalue weighted by Crippen LogP contribution is -2.19. The Kier molecular flexibility index (Phi) is 3.37. The van der Waals surface area contributed by atoms with Gasteiger partial charge in [-0.1, -0.05) is 19.9 Å². The molecule has 1 fully saturated rings. The molecule has 0 radical (unpaired) electrons. The minimum atomic E-state index is 0.582. The van der Waals surface area contributed by atoms with Crippen LogP contribution < -0.4 is 0 Å². The molecule has 2 rings (SSSR count). The minimum Gasteiger partial charge on any atom is -0.298 e. The van der Waals surface area contributed by atoms with Gasteiger partial charge < -0.3 is 0 Å². The second-order valence-electron chi connectivity index (χ2n) is 4.72. The standard InChI is InChI=1S/C13H20N2/c1-11(2)12-5-6-13(14-9-12)10-15-7-3-4-8-15/h5-6,9,11H,3-4,7-8,10H2,1-2H3. The molecule has 0 atom stereocenters. The summed E-state index contributed by atoms with van der Waals surface area (Å²) in [5.74, 6) is 0.582. The first kappa shape index (κ1) is 10.6. The number of pyridine rings is 1. The Morgan fingerprint density at radius 2 is 2.00 bits per heavy atom. The number of hydrogen-bond donors (Lipinski definition) is 0. The van der Waals surface area contributed by atoms with Crippen molar-refractivity contribution >= 4 is 0 Å². The maximum absolute atomic E-state index is 4.52.